The van der Waals surface area contributed by atoms with Gasteiger partial charge in [0.05, 0.1) is 0 Å². The van der Waals surface area contributed by atoms with Crippen LogP contribution in [0.25, 0.3) is 0 Å². The zero-order chi connectivity index (χ0) is 11.7. The fourth-order valence-electron chi connectivity index (χ4n) is 0.986. The summed E-state index contributed by atoms with van der Waals surface area (Å²) in [7, 11) is 0. The number of benzene rings is 1. The Kier molecular flexibility index (Phi) is 6.93. The molecule has 0 saturated carbocycles. The molecule has 0 aliphatic rings. The first kappa shape index (κ1) is 13.4. The normalized spacial score (nSPS) is 10.8. The molecule has 4 N–H and O–H groups in total. The predicted molar refractivity (Wildman–Crippen MR) is 63.2 cm³/mol. The highest BCUT2D eigenvalue weighted by Crippen LogP contribution is 2.00. The van der Waals surface area contributed by atoms with Crippen LogP contribution < -0.4 is 11.5 Å². The van der Waals surface area contributed by atoms with Crippen molar-refractivity contribution in [2.24, 2.45) is 11.5 Å². The van der Waals surface area contributed by atoms with Gasteiger partial charge in [-0.3, -0.25) is 4.79 Å². The van der Waals surface area contributed by atoms with E-state index in [4.69, 9.17) is 5.73 Å². The van der Waals surface area contributed by atoms with Crippen LogP contribution in [0.15, 0.2) is 43.0 Å². The van der Waals surface area contributed by atoms with Crippen LogP contribution in [0.4, 0.5) is 0 Å². The topological polar surface area (TPSA) is 69.1 Å². The number of hydrogen-bond acceptors (Lipinski definition) is 2. The quantitative estimate of drug-likeness (QED) is 0.730. The Balaban J connectivity index is 0.000000336. The summed E-state index contributed by atoms with van der Waals surface area (Å²) in [6.45, 7) is 5.11. The third-order valence-electron chi connectivity index (χ3n) is 1.60. The van der Waals surface area contributed by atoms with E-state index in [1.165, 1.54) is 5.56 Å². The molecule has 1 atom stereocenters. The van der Waals surface area contributed by atoms with E-state index in [1.807, 2.05) is 25.1 Å². The van der Waals surface area contributed by atoms with E-state index in [0.717, 1.165) is 12.5 Å². The van der Waals surface area contributed by atoms with Gasteiger partial charge in [0.25, 0.3) is 0 Å². The van der Waals surface area contributed by atoms with Crippen molar-refractivity contribution < 1.29 is 4.79 Å². The average Bonchev–Trinajstić information content (AvgIpc) is 2.19. The average molecular weight is 206 g/mol. The van der Waals surface area contributed by atoms with Gasteiger partial charge in [0.1, 0.15) is 0 Å². The molecule has 15 heavy (non-hydrogen) atoms. The molecule has 3 nitrogen and oxygen atoms in total. The Morgan fingerprint density at radius 3 is 2.27 bits per heavy atom. The van der Waals surface area contributed by atoms with E-state index < -0.39 is 5.91 Å². The molecule has 0 saturated heterocycles. The van der Waals surface area contributed by atoms with Crippen molar-refractivity contribution in [1.29, 1.82) is 0 Å². The summed E-state index contributed by atoms with van der Waals surface area (Å²) in [5.74, 6) is -0.481. The number of rotatable bonds is 3. The van der Waals surface area contributed by atoms with Gasteiger partial charge in [-0.1, -0.05) is 36.9 Å². The first-order valence-corrected chi connectivity index (χ1v) is 4.77. The van der Waals surface area contributed by atoms with Gasteiger partial charge >= 0.3 is 0 Å². The van der Waals surface area contributed by atoms with E-state index in [0.29, 0.717) is 0 Å². The third kappa shape index (κ3) is 8.71. The van der Waals surface area contributed by atoms with Gasteiger partial charge < -0.3 is 11.5 Å². The molecule has 1 amide bonds. The Hall–Kier alpha value is -1.61. The molecule has 0 spiro atoms. The maximum atomic E-state index is 9.47. The second-order valence-corrected chi connectivity index (χ2v) is 3.27. The summed E-state index contributed by atoms with van der Waals surface area (Å²) in [5, 5.41) is 0. The minimum Gasteiger partial charge on any atom is -0.366 e. The van der Waals surface area contributed by atoms with Crippen molar-refractivity contribution in [3.63, 3.8) is 0 Å². The second kappa shape index (κ2) is 7.76. The molecular formula is C12H18N2O. The maximum Gasteiger partial charge on any atom is 0.240 e. The van der Waals surface area contributed by atoms with Crippen LogP contribution in [0.2, 0.25) is 0 Å². The Morgan fingerprint density at radius 2 is 1.93 bits per heavy atom. The highest BCUT2D eigenvalue weighted by Gasteiger charge is 1.94. The lowest BCUT2D eigenvalue weighted by Crippen LogP contribution is -2.17. The lowest BCUT2D eigenvalue weighted by molar-refractivity contribution is -0.113. The molecule has 1 aromatic rings. The maximum absolute atomic E-state index is 9.47. The summed E-state index contributed by atoms with van der Waals surface area (Å²) < 4.78 is 0. The molecule has 82 valence electrons. The molecule has 0 aromatic heterocycles. The Labute approximate surface area is 90.8 Å². The summed E-state index contributed by atoms with van der Waals surface area (Å²) in [6.07, 6.45) is 2.03. The molecule has 0 aliphatic heterocycles. The van der Waals surface area contributed by atoms with Crippen LogP contribution >= 0.6 is 0 Å². The van der Waals surface area contributed by atoms with Crippen LogP contribution in [0.5, 0.6) is 0 Å². The highest BCUT2D eigenvalue weighted by molar-refractivity contribution is 5.84. The SMILES string of the molecule is C=CC(N)=O.CC(N)Cc1ccccc1. The minimum atomic E-state index is -0.481. The molecule has 0 radical (unpaired) electrons. The molecule has 0 bridgehead atoms. The lowest BCUT2D eigenvalue weighted by Gasteiger charge is -2.02. The Bertz CT molecular complexity index is 294. The lowest BCUT2D eigenvalue weighted by atomic mass is 10.1. The van der Waals surface area contributed by atoms with Gasteiger partial charge in [0.15, 0.2) is 0 Å². The smallest absolute Gasteiger partial charge is 0.240 e. The summed E-state index contributed by atoms with van der Waals surface area (Å²) >= 11 is 0. The van der Waals surface area contributed by atoms with Crippen LogP contribution in [0.1, 0.15) is 12.5 Å². The van der Waals surface area contributed by atoms with Gasteiger partial charge in [0.2, 0.25) is 5.91 Å². The zero-order valence-corrected chi connectivity index (χ0v) is 9.02. The van der Waals surface area contributed by atoms with E-state index in [1.54, 1.807) is 0 Å². The standard InChI is InChI=1S/C9H13N.C3H5NO/c1-8(10)7-9-5-3-2-4-6-9;1-2-3(4)5/h2-6,8H,7,10H2,1H3;2H,1H2,(H2,4,5). The molecule has 0 heterocycles. The van der Waals surface area contributed by atoms with Crippen molar-refractivity contribution in [3.05, 3.63) is 48.6 Å². The first-order chi connectivity index (χ1) is 7.06. The summed E-state index contributed by atoms with van der Waals surface area (Å²) in [5.41, 5.74) is 11.5. The molecule has 3 heteroatoms. The zero-order valence-electron chi connectivity index (χ0n) is 9.02. The minimum absolute atomic E-state index is 0.266. The molecule has 1 aromatic carbocycles. The predicted octanol–water partition coefficient (Wildman–Crippen LogP) is 1.23. The van der Waals surface area contributed by atoms with Crippen molar-refractivity contribution in [3.8, 4) is 0 Å². The van der Waals surface area contributed by atoms with Crippen molar-refractivity contribution in [2.45, 2.75) is 19.4 Å². The van der Waals surface area contributed by atoms with Crippen LogP contribution in [0.3, 0.4) is 0 Å². The van der Waals surface area contributed by atoms with Crippen molar-refractivity contribution in [1.82, 2.24) is 0 Å². The van der Waals surface area contributed by atoms with E-state index in [-0.39, 0.29) is 6.04 Å². The number of carbonyl (C=O) groups excluding carboxylic acids is 1. The first-order valence-electron chi connectivity index (χ1n) is 4.77. The number of carbonyl (C=O) groups is 1. The van der Waals surface area contributed by atoms with Gasteiger partial charge in [-0.2, -0.15) is 0 Å². The number of primary amides is 1. The van der Waals surface area contributed by atoms with Gasteiger partial charge in [-0.25, -0.2) is 0 Å². The van der Waals surface area contributed by atoms with Crippen molar-refractivity contribution >= 4 is 5.91 Å². The van der Waals surface area contributed by atoms with Crippen LogP contribution in [-0.4, -0.2) is 11.9 Å². The van der Waals surface area contributed by atoms with Gasteiger partial charge in [0, 0.05) is 6.04 Å². The molecule has 1 unspecified atom stereocenters. The molecular weight excluding hydrogens is 188 g/mol. The molecule has 0 aliphatic carbocycles. The fraction of sp³-hybridized carbons (Fsp3) is 0.250. The van der Waals surface area contributed by atoms with Gasteiger partial charge in [-0.05, 0) is 25.0 Å². The van der Waals surface area contributed by atoms with E-state index in [9.17, 15) is 4.79 Å². The highest BCUT2D eigenvalue weighted by atomic mass is 16.1. The van der Waals surface area contributed by atoms with Crippen molar-refractivity contribution in [2.75, 3.05) is 0 Å². The van der Waals surface area contributed by atoms with E-state index >= 15 is 0 Å². The van der Waals surface area contributed by atoms with Gasteiger partial charge in [-0.15, -0.1) is 0 Å². The Morgan fingerprint density at radius 1 is 1.47 bits per heavy atom. The van der Waals surface area contributed by atoms with Crippen LogP contribution in [0, 0.1) is 0 Å². The second-order valence-electron chi connectivity index (χ2n) is 3.27. The number of amides is 1. The largest absolute Gasteiger partial charge is 0.366 e. The molecule has 1 rings (SSSR count). The van der Waals surface area contributed by atoms with E-state index in [2.05, 4.69) is 24.4 Å². The summed E-state index contributed by atoms with van der Waals surface area (Å²) in [6, 6.07) is 10.6. The summed E-state index contributed by atoms with van der Waals surface area (Å²) in [4.78, 5) is 9.47. The monoisotopic (exact) mass is 206 g/mol. The fourth-order valence-corrected chi connectivity index (χ4v) is 0.986. The molecule has 0 fully saturated rings. The third-order valence-corrected chi connectivity index (χ3v) is 1.60. The number of hydrogen-bond donors (Lipinski definition) is 2. The van der Waals surface area contributed by atoms with Crippen LogP contribution in [-0.2, 0) is 11.2 Å². The number of nitrogens with two attached hydrogens (primary N) is 2.